The van der Waals surface area contributed by atoms with Crippen LogP contribution in [0.3, 0.4) is 0 Å². The minimum atomic E-state index is -0.385. The Morgan fingerprint density at radius 1 is 1.33 bits per heavy atom. The second-order valence-corrected chi connectivity index (χ2v) is 6.01. The van der Waals surface area contributed by atoms with Gasteiger partial charge in [-0.3, -0.25) is 4.79 Å². The van der Waals surface area contributed by atoms with Crippen molar-refractivity contribution in [2.75, 3.05) is 13.1 Å². The van der Waals surface area contributed by atoms with E-state index >= 15 is 0 Å². The van der Waals surface area contributed by atoms with Crippen molar-refractivity contribution in [1.82, 2.24) is 4.90 Å². The normalized spacial score (nSPS) is 18.5. The molecule has 0 aliphatic heterocycles. The SMILES string of the molecule is CCN(C(=O)C1(CN)CCCC1)C(C)c1ccc(F)cc1. The first kappa shape index (κ1) is 16.0. The molecule has 1 saturated carbocycles. The monoisotopic (exact) mass is 292 g/mol. The number of nitrogens with two attached hydrogens (primary N) is 1. The molecule has 1 unspecified atom stereocenters. The van der Waals surface area contributed by atoms with Gasteiger partial charge in [-0.1, -0.05) is 25.0 Å². The highest BCUT2D eigenvalue weighted by atomic mass is 19.1. The quantitative estimate of drug-likeness (QED) is 0.905. The van der Waals surface area contributed by atoms with Crippen LogP contribution in [0.4, 0.5) is 4.39 Å². The maximum atomic E-state index is 13.1. The Morgan fingerprint density at radius 2 is 1.90 bits per heavy atom. The summed E-state index contributed by atoms with van der Waals surface area (Å²) < 4.78 is 13.1. The fourth-order valence-corrected chi connectivity index (χ4v) is 3.38. The van der Waals surface area contributed by atoms with Gasteiger partial charge in [-0.25, -0.2) is 4.39 Å². The molecule has 0 radical (unpaired) electrons. The molecule has 0 heterocycles. The van der Waals surface area contributed by atoms with Gasteiger partial charge in [0, 0.05) is 13.1 Å². The molecule has 1 aliphatic rings. The summed E-state index contributed by atoms with van der Waals surface area (Å²) in [5, 5.41) is 0. The molecule has 1 amide bonds. The number of nitrogens with zero attached hydrogens (tertiary/aromatic N) is 1. The van der Waals surface area contributed by atoms with E-state index in [9.17, 15) is 9.18 Å². The van der Waals surface area contributed by atoms with Crippen LogP contribution >= 0.6 is 0 Å². The van der Waals surface area contributed by atoms with Crippen molar-refractivity contribution in [3.05, 3.63) is 35.6 Å². The molecule has 1 atom stereocenters. The summed E-state index contributed by atoms with van der Waals surface area (Å²) in [4.78, 5) is 14.9. The number of carbonyl (C=O) groups is 1. The molecule has 116 valence electrons. The summed E-state index contributed by atoms with van der Waals surface area (Å²) in [7, 11) is 0. The molecular formula is C17H25FN2O. The van der Waals surface area contributed by atoms with Crippen LogP contribution in [0.2, 0.25) is 0 Å². The topological polar surface area (TPSA) is 46.3 Å². The van der Waals surface area contributed by atoms with Gasteiger partial charge < -0.3 is 10.6 Å². The van der Waals surface area contributed by atoms with Crippen LogP contribution in [0.5, 0.6) is 0 Å². The molecule has 1 aromatic rings. The van der Waals surface area contributed by atoms with E-state index < -0.39 is 0 Å². The molecule has 2 N–H and O–H groups in total. The third kappa shape index (κ3) is 3.10. The van der Waals surface area contributed by atoms with Crippen LogP contribution in [0, 0.1) is 11.2 Å². The van der Waals surface area contributed by atoms with Gasteiger partial charge in [0.15, 0.2) is 0 Å². The second-order valence-electron chi connectivity index (χ2n) is 6.01. The standard InChI is InChI=1S/C17H25FN2O/c1-3-20(13(2)14-6-8-15(18)9-7-14)16(21)17(12-19)10-4-5-11-17/h6-9,13H,3-5,10-12,19H2,1-2H3. The number of rotatable bonds is 5. The first-order chi connectivity index (χ1) is 10.0. The van der Waals surface area contributed by atoms with Gasteiger partial charge in [-0.15, -0.1) is 0 Å². The summed E-state index contributed by atoms with van der Waals surface area (Å²) in [6, 6.07) is 6.32. The molecule has 1 fully saturated rings. The Balaban J connectivity index is 2.22. The maximum absolute atomic E-state index is 13.1. The zero-order valence-corrected chi connectivity index (χ0v) is 12.9. The van der Waals surface area contributed by atoms with Crippen molar-refractivity contribution in [3.8, 4) is 0 Å². The molecule has 21 heavy (non-hydrogen) atoms. The van der Waals surface area contributed by atoms with Crippen molar-refractivity contribution in [2.24, 2.45) is 11.1 Å². The molecule has 0 aromatic heterocycles. The van der Waals surface area contributed by atoms with E-state index in [-0.39, 0.29) is 23.2 Å². The Labute approximate surface area is 126 Å². The Morgan fingerprint density at radius 3 is 2.38 bits per heavy atom. The van der Waals surface area contributed by atoms with Crippen LogP contribution in [-0.2, 0) is 4.79 Å². The van der Waals surface area contributed by atoms with E-state index in [2.05, 4.69) is 0 Å². The summed E-state index contributed by atoms with van der Waals surface area (Å²) >= 11 is 0. The van der Waals surface area contributed by atoms with Crippen molar-refractivity contribution in [3.63, 3.8) is 0 Å². The third-order valence-corrected chi connectivity index (χ3v) is 4.83. The predicted molar refractivity (Wildman–Crippen MR) is 82.2 cm³/mol. The third-order valence-electron chi connectivity index (χ3n) is 4.83. The van der Waals surface area contributed by atoms with Crippen LogP contribution in [0.15, 0.2) is 24.3 Å². The molecular weight excluding hydrogens is 267 g/mol. The van der Waals surface area contributed by atoms with Crippen LogP contribution in [0.25, 0.3) is 0 Å². The van der Waals surface area contributed by atoms with E-state index in [1.54, 1.807) is 12.1 Å². The van der Waals surface area contributed by atoms with Gasteiger partial charge in [0.25, 0.3) is 0 Å². The van der Waals surface area contributed by atoms with E-state index in [4.69, 9.17) is 5.73 Å². The van der Waals surface area contributed by atoms with E-state index in [1.165, 1.54) is 12.1 Å². The molecule has 1 aliphatic carbocycles. The van der Waals surface area contributed by atoms with Crippen LogP contribution < -0.4 is 5.73 Å². The Hall–Kier alpha value is -1.42. The molecule has 4 heteroatoms. The lowest BCUT2D eigenvalue weighted by Crippen LogP contribution is -2.47. The number of benzene rings is 1. The number of hydrogen-bond acceptors (Lipinski definition) is 2. The van der Waals surface area contributed by atoms with Gasteiger partial charge in [-0.05, 0) is 44.4 Å². The fourth-order valence-electron chi connectivity index (χ4n) is 3.38. The number of hydrogen-bond donors (Lipinski definition) is 1. The van der Waals surface area contributed by atoms with E-state index in [0.29, 0.717) is 13.1 Å². The van der Waals surface area contributed by atoms with Crippen LogP contribution in [0.1, 0.15) is 51.1 Å². The summed E-state index contributed by atoms with van der Waals surface area (Å²) in [5.41, 5.74) is 6.49. The summed E-state index contributed by atoms with van der Waals surface area (Å²) in [6.45, 7) is 5.03. The first-order valence-corrected chi connectivity index (χ1v) is 7.80. The molecule has 2 rings (SSSR count). The lowest BCUT2D eigenvalue weighted by atomic mass is 9.84. The van der Waals surface area contributed by atoms with E-state index in [0.717, 1.165) is 31.2 Å². The molecule has 0 bridgehead atoms. The highest BCUT2D eigenvalue weighted by Crippen LogP contribution is 2.40. The average Bonchev–Trinajstić information content (AvgIpc) is 2.98. The minimum Gasteiger partial charge on any atom is -0.336 e. The Kier molecular flexibility index (Phi) is 4.99. The van der Waals surface area contributed by atoms with E-state index in [1.807, 2.05) is 18.7 Å². The minimum absolute atomic E-state index is 0.0628. The highest BCUT2D eigenvalue weighted by molar-refractivity contribution is 5.83. The summed E-state index contributed by atoms with van der Waals surface area (Å²) in [6.07, 6.45) is 3.92. The molecule has 0 spiro atoms. The lowest BCUT2D eigenvalue weighted by molar-refractivity contribution is -0.143. The second kappa shape index (κ2) is 6.56. The van der Waals surface area contributed by atoms with Gasteiger partial charge in [0.2, 0.25) is 5.91 Å². The lowest BCUT2D eigenvalue weighted by Gasteiger charge is -2.36. The van der Waals surface area contributed by atoms with Crippen LogP contribution in [-0.4, -0.2) is 23.9 Å². The average molecular weight is 292 g/mol. The fraction of sp³-hybridized carbons (Fsp3) is 0.588. The zero-order valence-electron chi connectivity index (χ0n) is 12.9. The Bertz CT molecular complexity index is 480. The van der Waals surface area contributed by atoms with Crippen molar-refractivity contribution >= 4 is 5.91 Å². The van der Waals surface area contributed by atoms with Gasteiger partial charge in [-0.2, -0.15) is 0 Å². The van der Waals surface area contributed by atoms with Crippen molar-refractivity contribution in [1.29, 1.82) is 0 Å². The molecule has 0 saturated heterocycles. The largest absolute Gasteiger partial charge is 0.336 e. The molecule has 3 nitrogen and oxygen atoms in total. The maximum Gasteiger partial charge on any atom is 0.230 e. The van der Waals surface area contributed by atoms with Gasteiger partial charge in [0.1, 0.15) is 5.82 Å². The number of halogens is 1. The summed E-state index contributed by atoms with van der Waals surface area (Å²) in [5.74, 6) is -0.101. The smallest absolute Gasteiger partial charge is 0.230 e. The van der Waals surface area contributed by atoms with Gasteiger partial charge >= 0.3 is 0 Å². The van der Waals surface area contributed by atoms with Gasteiger partial charge in [0.05, 0.1) is 11.5 Å². The predicted octanol–water partition coefficient (Wildman–Crippen LogP) is 3.25. The van der Waals surface area contributed by atoms with Crippen molar-refractivity contribution in [2.45, 2.75) is 45.6 Å². The first-order valence-electron chi connectivity index (χ1n) is 7.80. The number of carbonyl (C=O) groups excluding carboxylic acids is 1. The number of amides is 1. The van der Waals surface area contributed by atoms with Crippen molar-refractivity contribution < 1.29 is 9.18 Å². The zero-order chi connectivity index (χ0) is 15.5. The molecule has 1 aromatic carbocycles. The highest BCUT2D eigenvalue weighted by Gasteiger charge is 2.43.